The maximum absolute atomic E-state index is 4.66. The second-order valence-electron chi connectivity index (χ2n) is 4.78. The smallest absolute Gasteiger partial charge is 0.127 e. The van der Waals surface area contributed by atoms with Crippen molar-refractivity contribution in [2.45, 2.75) is 18.9 Å². The van der Waals surface area contributed by atoms with Gasteiger partial charge in [0.25, 0.3) is 0 Å². The van der Waals surface area contributed by atoms with Crippen LogP contribution in [-0.4, -0.2) is 23.8 Å². The molecule has 1 atom stereocenters. The summed E-state index contributed by atoms with van der Waals surface area (Å²) in [6.07, 6.45) is 6.30. The van der Waals surface area contributed by atoms with E-state index in [1.54, 1.807) is 0 Å². The molecule has 0 aromatic heterocycles. The third-order valence-corrected chi connectivity index (χ3v) is 3.67. The first-order valence-corrected chi connectivity index (χ1v) is 6.56. The molecule has 0 amide bonds. The Labute approximate surface area is 108 Å². The fourth-order valence-electron chi connectivity index (χ4n) is 2.84. The maximum atomic E-state index is 4.66. The number of amidine groups is 1. The van der Waals surface area contributed by atoms with Gasteiger partial charge in [-0.2, -0.15) is 0 Å². The molecule has 18 heavy (non-hydrogen) atoms. The number of benzene rings is 1. The molecule has 0 aliphatic carbocycles. The van der Waals surface area contributed by atoms with E-state index in [2.05, 4.69) is 52.9 Å². The van der Waals surface area contributed by atoms with Crippen LogP contribution in [0.3, 0.4) is 0 Å². The van der Waals surface area contributed by atoms with Gasteiger partial charge >= 0.3 is 0 Å². The molecule has 2 heteroatoms. The number of allylic oxidation sites excluding steroid dienone is 1. The molecule has 0 bridgehead atoms. The topological polar surface area (TPSA) is 15.6 Å². The van der Waals surface area contributed by atoms with Crippen LogP contribution in [0.4, 0.5) is 0 Å². The zero-order chi connectivity index (χ0) is 12.4. The predicted molar refractivity (Wildman–Crippen MR) is 75.7 cm³/mol. The summed E-state index contributed by atoms with van der Waals surface area (Å²) in [5.74, 6) is 1.19. The van der Waals surface area contributed by atoms with Gasteiger partial charge in [-0.25, -0.2) is 0 Å². The van der Waals surface area contributed by atoms with E-state index in [1.807, 2.05) is 6.08 Å². The Bertz CT molecular complexity index is 499. The molecule has 0 saturated carbocycles. The van der Waals surface area contributed by atoms with Gasteiger partial charge in [0.05, 0.1) is 12.6 Å². The number of aliphatic imine (C=N–C) groups is 1. The van der Waals surface area contributed by atoms with Crippen LogP contribution in [0.1, 0.15) is 24.4 Å². The van der Waals surface area contributed by atoms with Gasteiger partial charge in [0, 0.05) is 6.54 Å². The normalized spacial score (nSPS) is 22.2. The lowest BCUT2D eigenvalue weighted by molar-refractivity contribution is 0.336. The third kappa shape index (κ3) is 1.88. The van der Waals surface area contributed by atoms with Crippen molar-refractivity contribution in [3.63, 3.8) is 0 Å². The zero-order valence-corrected chi connectivity index (χ0v) is 10.5. The lowest BCUT2D eigenvalue weighted by Gasteiger charge is -2.35. The van der Waals surface area contributed by atoms with Crippen molar-refractivity contribution in [2.24, 2.45) is 4.99 Å². The summed E-state index contributed by atoms with van der Waals surface area (Å²) in [4.78, 5) is 7.11. The van der Waals surface area contributed by atoms with Crippen molar-refractivity contribution in [1.29, 1.82) is 0 Å². The number of nitrogens with zero attached hydrogens (tertiary/aromatic N) is 2. The van der Waals surface area contributed by atoms with Crippen LogP contribution in [0.15, 0.2) is 59.6 Å². The summed E-state index contributed by atoms with van der Waals surface area (Å²) < 4.78 is 0. The fourth-order valence-corrected chi connectivity index (χ4v) is 2.84. The summed E-state index contributed by atoms with van der Waals surface area (Å²) in [6.45, 7) is 5.80. The summed E-state index contributed by atoms with van der Waals surface area (Å²) in [5, 5.41) is 0. The molecule has 3 rings (SSSR count). The molecule has 2 aliphatic rings. The van der Waals surface area contributed by atoms with Gasteiger partial charge in [-0.1, -0.05) is 42.5 Å². The lowest BCUT2D eigenvalue weighted by Crippen LogP contribution is -2.35. The Balaban J connectivity index is 1.92. The molecule has 92 valence electrons. The molecule has 1 aromatic rings. The van der Waals surface area contributed by atoms with Crippen LogP contribution in [0.2, 0.25) is 0 Å². The van der Waals surface area contributed by atoms with Crippen molar-refractivity contribution in [3.05, 3.63) is 60.2 Å². The van der Waals surface area contributed by atoms with Crippen LogP contribution in [0.5, 0.6) is 0 Å². The highest BCUT2D eigenvalue weighted by molar-refractivity contribution is 6.00. The third-order valence-electron chi connectivity index (χ3n) is 3.67. The number of hydrogen-bond donors (Lipinski definition) is 0. The fraction of sp³-hybridized carbons (Fsp3) is 0.312. The average Bonchev–Trinajstić information content (AvgIpc) is 2.90. The number of fused-ring (bicyclic) bond motifs is 1. The molecule has 0 spiro atoms. The van der Waals surface area contributed by atoms with E-state index in [9.17, 15) is 0 Å². The minimum Gasteiger partial charge on any atom is -0.347 e. The van der Waals surface area contributed by atoms with Crippen LogP contribution in [0.25, 0.3) is 0 Å². The monoisotopic (exact) mass is 238 g/mol. The van der Waals surface area contributed by atoms with E-state index in [0.717, 1.165) is 25.9 Å². The summed E-state index contributed by atoms with van der Waals surface area (Å²) >= 11 is 0. The van der Waals surface area contributed by atoms with Crippen molar-refractivity contribution < 1.29 is 0 Å². The van der Waals surface area contributed by atoms with Gasteiger partial charge in [-0.15, -0.1) is 6.58 Å². The van der Waals surface area contributed by atoms with E-state index in [4.69, 9.17) is 0 Å². The first-order chi connectivity index (χ1) is 8.90. The lowest BCUT2D eigenvalue weighted by atomic mass is 9.94. The Hall–Kier alpha value is -1.83. The molecule has 2 aliphatic heterocycles. The van der Waals surface area contributed by atoms with Crippen LogP contribution < -0.4 is 0 Å². The Morgan fingerprint density at radius 2 is 2.17 bits per heavy atom. The molecule has 1 unspecified atom stereocenters. The summed E-state index contributed by atoms with van der Waals surface area (Å²) in [6, 6.07) is 11.2. The Morgan fingerprint density at radius 3 is 2.94 bits per heavy atom. The minimum absolute atomic E-state index is 0.459. The highest BCUT2D eigenvalue weighted by Crippen LogP contribution is 2.34. The van der Waals surface area contributed by atoms with Crippen molar-refractivity contribution in [3.8, 4) is 0 Å². The van der Waals surface area contributed by atoms with E-state index >= 15 is 0 Å². The minimum atomic E-state index is 0.459. The quantitative estimate of drug-likeness (QED) is 0.737. The second-order valence-corrected chi connectivity index (χ2v) is 4.78. The van der Waals surface area contributed by atoms with Gasteiger partial charge in [0.15, 0.2) is 0 Å². The van der Waals surface area contributed by atoms with Gasteiger partial charge in [-0.3, -0.25) is 4.99 Å². The van der Waals surface area contributed by atoms with Gasteiger partial charge in [0.1, 0.15) is 5.84 Å². The first kappa shape index (κ1) is 11.3. The Kier molecular flexibility index (Phi) is 3.01. The number of rotatable bonds is 3. The molecule has 2 nitrogen and oxygen atoms in total. The van der Waals surface area contributed by atoms with Crippen LogP contribution >= 0.6 is 0 Å². The predicted octanol–water partition coefficient (Wildman–Crippen LogP) is 3.35. The molecule has 0 fully saturated rings. The molecular formula is C16H18N2. The average molecular weight is 238 g/mol. The molecule has 0 radical (unpaired) electrons. The van der Waals surface area contributed by atoms with Crippen molar-refractivity contribution >= 4 is 5.84 Å². The number of hydrogen-bond acceptors (Lipinski definition) is 2. The van der Waals surface area contributed by atoms with Crippen molar-refractivity contribution in [2.75, 3.05) is 13.1 Å². The molecule has 1 aromatic carbocycles. The highest BCUT2D eigenvalue weighted by Gasteiger charge is 2.30. The van der Waals surface area contributed by atoms with Gasteiger partial charge in [0.2, 0.25) is 0 Å². The Morgan fingerprint density at radius 1 is 1.33 bits per heavy atom. The molecule has 0 N–H and O–H groups in total. The zero-order valence-electron chi connectivity index (χ0n) is 10.5. The SMILES string of the molecule is C=CCC1=CCC(c2ccccc2)N2CCN=C12. The van der Waals surface area contributed by atoms with Gasteiger partial charge < -0.3 is 4.90 Å². The summed E-state index contributed by atoms with van der Waals surface area (Å²) in [5.41, 5.74) is 2.73. The standard InChI is InChI=1S/C16H18N2/c1-2-6-14-9-10-15(13-7-4-3-5-8-13)18-12-11-17-16(14)18/h2-5,7-9,15H,1,6,10-12H2. The summed E-state index contributed by atoms with van der Waals surface area (Å²) in [7, 11) is 0. The molecule has 0 saturated heterocycles. The first-order valence-electron chi connectivity index (χ1n) is 6.56. The maximum Gasteiger partial charge on any atom is 0.127 e. The van der Waals surface area contributed by atoms with Crippen LogP contribution in [0, 0.1) is 0 Å². The largest absolute Gasteiger partial charge is 0.347 e. The highest BCUT2D eigenvalue weighted by atomic mass is 15.3. The van der Waals surface area contributed by atoms with E-state index in [0.29, 0.717) is 6.04 Å². The van der Waals surface area contributed by atoms with E-state index in [-0.39, 0.29) is 0 Å². The van der Waals surface area contributed by atoms with Crippen molar-refractivity contribution in [1.82, 2.24) is 4.90 Å². The van der Waals surface area contributed by atoms with E-state index < -0.39 is 0 Å². The van der Waals surface area contributed by atoms with Gasteiger partial charge in [-0.05, 0) is 24.0 Å². The van der Waals surface area contributed by atoms with Crippen LogP contribution in [-0.2, 0) is 0 Å². The van der Waals surface area contributed by atoms with E-state index in [1.165, 1.54) is 17.0 Å². The molecule has 2 heterocycles. The second kappa shape index (κ2) is 4.81. The molecular weight excluding hydrogens is 220 g/mol.